The quantitative estimate of drug-likeness (QED) is 0.164. The lowest BCUT2D eigenvalue weighted by atomic mass is 9.93. The molecule has 0 unspecified atom stereocenters. The average Bonchev–Trinajstić information content (AvgIpc) is 3.88. The number of anilines is 2. The first kappa shape index (κ1) is 33.0. The molecule has 0 amide bonds. The van der Waals surface area contributed by atoms with E-state index in [0.29, 0.717) is 5.89 Å². The van der Waals surface area contributed by atoms with Gasteiger partial charge in [0.2, 0.25) is 5.89 Å². The van der Waals surface area contributed by atoms with Crippen LogP contribution in [-0.2, 0) is 0 Å². The Morgan fingerprint density at radius 1 is 0.474 bits per heavy atom. The number of nitrogens with zero attached hydrogens (tertiary/aromatic N) is 3. The maximum absolute atomic E-state index is 6.17. The van der Waals surface area contributed by atoms with Crippen LogP contribution in [0.5, 0.6) is 0 Å². The van der Waals surface area contributed by atoms with Crippen molar-refractivity contribution in [1.29, 1.82) is 0 Å². The number of fused-ring (bicyclic) bond motifs is 6. The number of benzene rings is 8. The van der Waals surface area contributed by atoms with Gasteiger partial charge in [-0.3, -0.25) is 0 Å². The monoisotopic (exact) mass is 731 g/mol. The maximum Gasteiger partial charge on any atom is 0.227 e. The summed E-state index contributed by atoms with van der Waals surface area (Å²) in [6, 6.07) is 67.0. The van der Waals surface area contributed by atoms with Crippen molar-refractivity contribution in [3.05, 3.63) is 211 Å². The molecule has 270 valence electrons. The standard InChI is InChI=1S/C53H37N3O/c1-4-12-36(13-5-1)37-20-26-43(27-21-37)55(45-30-32-50-48(35-45)47-18-10-11-19-49(47)56(50)42-16-8-3-9-17-42)44-28-22-38(23-29-44)40-24-31-46-41(34-40)25-33-51-52(46)54-53(57-51)39-14-6-2-7-15-39/h1-22,24-28,30-35H,23,29H2. The molecule has 4 heteroatoms. The van der Waals surface area contributed by atoms with Crippen LogP contribution >= 0.6 is 0 Å². The molecule has 8 aromatic carbocycles. The summed E-state index contributed by atoms with van der Waals surface area (Å²) in [6.45, 7) is 0. The predicted molar refractivity (Wildman–Crippen MR) is 237 cm³/mol. The molecule has 0 aliphatic heterocycles. The van der Waals surface area contributed by atoms with E-state index >= 15 is 0 Å². The SMILES string of the molecule is C1=C(c2ccc3c(ccc4oc(-c5ccccc5)nc43)c2)CCC(N(c2ccc(-c3ccccc3)cc2)c2ccc3c(c2)c2ccccc2n3-c2ccccc2)=C1. The third-order valence-electron chi connectivity index (χ3n) is 11.3. The van der Waals surface area contributed by atoms with Crippen LogP contribution in [0.3, 0.4) is 0 Å². The van der Waals surface area contributed by atoms with Crippen molar-refractivity contribution in [3.8, 4) is 28.3 Å². The van der Waals surface area contributed by atoms with Gasteiger partial charge in [-0.25, -0.2) is 4.98 Å². The smallest absolute Gasteiger partial charge is 0.227 e. The summed E-state index contributed by atoms with van der Waals surface area (Å²) in [6.07, 6.45) is 6.46. The number of allylic oxidation sites excluding steroid dienone is 4. The fourth-order valence-electron chi connectivity index (χ4n) is 8.55. The number of oxazole rings is 1. The van der Waals surface area contributed by atoms with Crippen LogP contribution in [0.15, 0.2) is 210 Å². The minimum Gasteiger partial charge on any atom is -0.436 e. The van der Waals surface area contributed by atoms with E-state index in [1.165, 1.54) is 49.8 Å². The van der Waals surface area contributed by atoms with Crippen LogP contribution in [0.2, 0.25) is 0 Å². The van der Waals surface area contributed by atoms with E-state index < -0.39 is 0 Å². The van der Waals surface area contributed by atoms with Gasteiger partial charge in [0, 0.05) is 44.5 Å². The molecule has 0 saturated heterocycles. The van der Waals surface area contributed by atoms with Gasteiger partial charge >= 0.3 is 0 Å². The average molecular weight is 732 g/mol. The van der Waals surface area contributed by atoms with Crippen LogP contribution in [0.1, 0.15) is 18.4 Å². The first-order valence-electron chi connectivity index (χ1n) is 19.6. The summed E-state index contributed by atoms with van der Waals surface area (Å²) in [4.78, 5) is 7.36. The lowest BCUT2D eigenvalue weighted by Gasteiger charge is -2.30. The Morgan fingerprint density at radius 3 is 1.91 bits per heavy atom. The largest absolute Gasteiger partial charge is 0.436 e. The molecule has 10 aromatic rings. The first-order valence-corrected chi connectivity index (χ1v) is 19.6. The van der Waals surface area contributed by atoms with E-state index in [1.807, 2.05) is 36.4 Å². The second-order valence-corrected chi connectivity index (χ2v) is 14.7. The van der Waals surface area contributed by atoms with Gasteiger partial charge in [-0.05, 0) is 119 Å². The first-order chi connectivity index (χ1) is 28.2. The van der Waals surface area contributed by atoms with Crippen molar-refractivity contribution < 1.29 is 4.42 Å². The zero-order chi connectivity index (χ0) is 37.7. The molecule has 0 bridgehead atoms. The Balaban J connectivity index is 0.995. The molecule has 2 aromatic heterocycles. The number of para-hydroxylation sites is 2. The van der Waals surface area contributed by atoms with Crippen molar-refractivity contribution in [2.45, 2.75) is 12.8 Å². The molecule has 4 nitrogen and oxygen atoms in total. The zero-order valence-electron chi connectivity index (χ0n) is 31.2. The fraction of sp³-hybridized carbons (Fsp3) is 0.0377. The summed E-state index contributed by atoms with van der Waals surface area (Å²) < 4.78 is 8.55. The molecule has 57 heavy (non-hydrogen) atoms. The molecule has 0 spiro atoms. The van der Waals surface area contributed by atoms with Gasteiger partial charge in [0.1, 0.15) is 5.52 Å². The zero-order valence-corrected chi connectivity index (χ0v) is 31.2. The van der Waals surface area contributed by atoms with Gasteiger partial charge in [-0.2, -0.15) is 0 Å². The topological polar surface area (TPSA) is 34.2 Å². The van der Waals surface area contributed by atoms with Crippen LogP contribution in [0, 0.1) is 0 Å². The summed E-state index contributed by atoms with van der Waals surface area (Å²) in [5.41, 5.74) is 14.8. The minimum atomic E-state index is 0.648. The van der Waals surface area contributed by atoms with Gasteiger partial charge in [-0.1, -0.05) is 121 Å². The number of rotatable bonds is 7. The highest BCUT2D eigenvalue weighted by atomic mass is 16.3. The highest BCUT2D eigenvalue weighted by Gasteiger charge is 2.21. The Bertz CT molecular complexity index is 3160. The van der Waals surface area contributed by atoms with Gasteiger partial charge in [0.05, 0.1) is 11.0 Å². The van der Waals surface area contributed by atoms with Crippen LogP contribution in [0.4, 0.5) is 11.4 Å². The molecule has 1 aliphatic carbocycles. The lowest BCUT2D eigenvalue weighted by molar-refractivity contribution is 0.620. The van der Waals surface area contributed by atoms with E-state index in [2.05, 4.69) is 173 Å². The predicted octanol–water partition coefficient (Wildman–Crippen LogP) is 14.3. The second-order valence-electron chi connectivity index (χ2n) is 14.7. The van der Waals surface area contributed by atoms with Crippen molar-refractivity contribution in [2.24, 2.45) is 0 Å². The molecule has 0 atom stereocenters. The highest BCUT2D eigenvalue weighted by Crippen LogP contribution is 2.41. The molecule has 0 fully saturated rings. The van der Waals surface area contributed by atoms with Crippen LogP contribution in [-0.4, -0.2) is 9.55 Å². The van der Waals surface area contributed by atoms with Crippen molar-refractivity contribution in [3.63, 3.8) is 0 Å². The van der Waals surface area contributed by atoms with Gasteiger partial charge in [-0.15, -0.1) is 0 Å². The summed E-state index contributed by atoms with van der Waals surface area (Å²) in [5, 5.41) is 4.74. The third-order valence-corrected chi connectivity index (χ3v) is 11.3. The maximum atomic E-state index is 6.17. The Hall–Kier alpha value is -7.43. The molecule has 11 rings (SSSR count). The van der Waals surface area contributed by atoms with E-state index in [1.54, 1.807) is 0 Å². The van der Waals surface area contributed by atoms with Crippen molar-refractivity contribution in [1.82, 2.24) is 9.55 Å². The van der Waals surface area contributed by atoms with Gasteiger partial charge in [0.15, 0.2) is 5.58 Å². The molecular formula is C53H37N3O. The van der Waals surface area contributed by atoms with Crippen molar-refractivity contribution >= 4 is 60.6 Å². The normalized spacial score (nSPS) is 13.0. The second kappa shape index (κ2) is 13.7. The van der Waals surface area contributed by atoms with Gasteiger partial charge < -0.3 is 13.9 Å². The number of hydrogen-bond donors (Lipinski definition) is 0. The fourth-order valence-corrected chi connectivity index (χ4v) is 8.55. The summed E-state index contributed by atoms with van der Waals surface area (Å²) >= 11 is 0. The van der Waals surface area contributed by atoms with Crippen molar-refractivity contribution in [2.75, 3.05) is 4.90 Å². The Kier molecular flexibility index (Phi) is 7.92. The Morgan fingerprint density at radius 2 is 1.14 bits per heavy atom. The molecule has 2 heterocycles. The minimum absolute atomic E-state index is 0.648. The van der Waals surface area contributed by atoms with Gasteiger partial charge in [0.25, 0.3) is 0 Å². The molecule has 1 aliphatic rings. The molecule has 0 saturated carbocycles. The van der Waals surface area contributed by atoms with Crippen LogP contribution < -0.4 is 4.90 Å². The lowest BCUT2D eigenvalue weighted by Crippen LogP contribution is -2.18. The number of hydrogen-bond acceptors (Lipinski definition) is 3. The van der Waals surface area contributed by atoms with E-state index in [4.69, 9.17) is 9.40 Å². The molecule has 0 radical (unpaired) electrons. The highest BCUT2D eigenvalue weighted by molar-refractivity contribution is 6.10. The number of aromatic nitrogens is 2. The molecule has 0 N–H and O–H groups in total. The summed E-state index contributed by atoms with van der Waals surface area (Å²) in [5.74, 6) is 0.648. The molecular weight excluding hydrogens is 695 g/mol. The van der Waals surface area contributed by atoms with E-state index in [0.717, 1.165) is 57.3 Å². The Labute approximate surface area is 330 Å². The third kappa shape index (κ3) is 5.82. The summed E-state index contributed by atoms with van der Waals surface area (Å²) in [7, 11) is 0. The van der Waals surface area contributed by atoms with E-state index in [-0.39, 0.29) is 0 Å². The van der Waals surface area contributed by atoms with E-state index in [9.17, 15) is 0 Å². The van der Waals surface area contributed by atoms with Crippen LogP contribution in [0.25, 0.3) is 77.5 Å².